The van der Waals surface area contributed by atoms with E-state index in [0.29, 0.717) is 0 Å². The first kappa shape index (κ1) is 16.3. The summed E-state index contributed by atoms with van der Waals surface area (Å²) in [4.78, 5) is 0. The van der Waals surface area contributed by atoms with E-state index in [1.165, 1.54) is 29.3 Å². The van der Waals surface area contributed by atoms with Gasteiger partial charge in [0, 0.05) is 10.7 Å². The molecule has 0 atom stereocenters. The largest absolute Gasteiger partial charge is 0.492 e. The van der Waals surface area contributed by atoms with Gasteiger partial charge < -0.3 is 4.74 Å². The van der Waals surface area contributed by atoms with Crippen LogP contribution in [-0.4, -0.2) is 11.9 Å². The lowest BCUT2D eigenvalue weighted by Crippen LogP contribution is -2.30. The standard InChI is InChI=1S/C15H22BrIO/c1-3-9-15(11-16,10-4-2)12-18-14-8-6-5-7-13(14)17/h5-8H,3-4,9-12H2,1-2H3. The zero-order chi connectivity index (χ0) is 13.4. The fourth-order valence-electron chi connectivity index (χ4n) is 2.29. The number of rotatable bonds is 8. The van der Waals surface area contributed by atoms with Gasteiger partial charge in [-0.3, -0.25) is 0 Å². The summed E-state index contributed by atoms with van der Waals surface area (Å²) >= 11 is 6.02. The molecule has 0 aliphatic heterocycles. The predicted octanol–water partition coefficient (Wildman–Crippen LogP) is 5.65. The first-order chi connectivity index (χ1) is 8.67. The van der Waals surface area contributed by atoms with Crippen LogP contribution in [0, 0.1) is 8.99 Å². The molecule has 0 aliphatic rings. The lowest BCUT2D eigenvalue weighted by Gasteiger charge is -2.31. The van der Waals surface area contributed by atoms with Crippen molar-refractivity contribution >= 4 is 38.5 Å². The highest BCUT2D eigenvalue weighted by atomic mass is 127. The number of ether oxygens (including phenoxy) is 1. The molecule has 0 aliphatic carbocycles. The van der Waals surface area contributed by atoms with Gasteiger partial charge in [0.15, 0.2) is 0 Å². The Morgan fingerprint density at radius 1 is 1.17 bits per heavy atom. The molecular weight excluding hydrogens is 403 g/mol. The van der Waals surface area contributed by atoms with Crippen molar-refractivity contribution in [2.75, 3.05) is 11.9 Å². The quantitative estimate of drug-likeness (QED) is 0.387. The molecule has 1 aromatic carbocycles. The third kappa shape index (κ3) is 4.72. The number of hydrogen-bond acceptors (Lipinski definition) is 1. The van der Waals surface area contributed by atoms with E-state index in [9.17, 15) is 0 Å². The zero-order valence-electron chi connectivity index (χ0n) is 11.2. The summed E-state index contributed by atoms with van der Waals surface area (Å²) in [5, 5.41) is 1.02. The maximum Gasteiger partial charge on any atom is 0.132 e. The molecule has 18 heavy (non-hydrogen) atoms. The Hall–Kier alpha value is 0.230. The molecular formula is C15H22BrIO. The Morgan fingerprint density at radius 2 is 1.78 bits per heavy atom. The molecule has 3 heteroatoms. The fraction of sp³-hybridized carbons (Fsp3) is 0.600. The van der Waals surface area contributed by atoms with Gasteiger partial charge in [0.25, 0.3) is 0 Å². The van der Waals surface area contributed by atoms with Gasteiger partial charge in [0.05, 0.1) is 10.2 Å². The summed E-state index contributed by atoms with van der Waals surface area (Å²) in [5.74, 6) is 1.01. The van der Waals surface area contributed by atoms with Crippen LogP contribution in [0.5, 0.6) is 5.75 Å². The second kappa shape index (κ2) is 8.41. The molecule has 1 rings (SSSR count). The summed E-state index contributed by atoms with van der Waals surface area (Å²) < 4.78 is 7.25. The average molecular weight is 425 g/mol. The Balaban J connectivity index is 2.69. The molecule has 0 saturated heterocycles. The van der Waals surface area contributed by atoms with Crippen LogP contribution >= 0.6 is 38.5 Å². The fourth-order valence-corrected chi connectivity index (χ4v) is 3.56. The summed E-state index contributed by atoms with van der Waals surface area (Å²) in [5.41, 5.74) is 0.280. The third-order valence-electron chi connectivity index (χ3n) is 3.21. The molecule has 0 fully saturated rings. The second-order valence-electron chi connectivity index (χ2n) is 4.85. The van der Waals surface area contributed by atoms with Crippen molar-refractivity contribution in [3.63, 3.8) is 0 Å². The maximum absolute atomic E-state index is 6.06. The Bertz CT molecular complexity index is 348. The second-order valence-corrected chi connectivity index (χ2v) is 6.58. The minimum atomic E-state index is 0.280. The van der Waals surface area contributed by atoms with Crippen molar-refractivity contribution < 1.29 is 4.74 Å². The maximum atomic E-state index is 6.06. The van der Waals surface area contributed by atoms with E-state index < -0.39 is 0 Å². The minimum Gasteiger partial charge on any atom is -0.492 e. The van der Waals surface area contributed by atoms with Crippen LogP contribution in [-0.2, 0) is 0 Å². The van der Waals surface area contributed by atoms with Gasteiger partial charge in [-0.25, -0.2) is 0 Å². The van der Waals surface area contributed by atoms with E-state index in [-0.39, 0.29) is 5.41 Å². The van der Waals surface area contributed by atoms with Crippen LogP contribution in [0.3, 0.4) is 0 Å². The summed E-state index contributed by atoms with van der Waals surface area (Å²) in [6, 6.07) is 8.22. The molecule has 1 aromatic rings. The average Bonchev–Trinajstić information content (AvgIpc) is 2.38. The van der Waals surface area contributed by atoms with Crippen molar-refractivity contribution in [2.45, 2.75) is 39.5 Å². The summed E-state index contributed by atoms with van der Waals surface area (Å²) in [7, 11) is 0. The monoisotopic (exact) mass is 424 g/mol. The molecule has 0 amide bonds. The van der Waals surface area contributed by atoms with Gasteiger partial charge in [-0.1, -0.05) is 54.8 Å². The number of halogens is 2. The van der Waals surface area contributed by atoms with Crippen molar-refractivity contribution in [1.29, 1.82) is 0 Å². The smallest absolute Gasteiger partial charge is 0.132 e. The van der Waals surface area contributed by atoms with Crippen molar-refractivity contribution in [1.82, 2.24) is 0 Å². The predicted molar refractivity (Wildman–Crippen MR) is 90.7 cm³/mol. The normalized spacial score (nSPS) is 11.6. The SMILES string of the molecule is CCCC(CBr)(CCC)COc1ccccc1I. The van der Waals surface area contributed by atoms with Crippen LogP contribution < -0.4 is 4.74 Å². The molecule has 0 unspecified atom stereocenters. The lowest BCUT2D eigenvalue weighted by molar-refractivity contribution is 0.144. The highest BCUT2D eigenvalue weighted by molar-refractivity contribution is 14.1. The highest BCUT2D eigenvalue weighted by Gasteiger charge is 2.28. The van der Waals surface area contributed by atoms with Crippen LogP contribution in [0.25, 0.3) is 0 Å². The zero-order valence-corrected chi connectivity index (χ0v) is 15.0. The molecule has 0 spiro atoms. The van der Waals surface area contributed by atoms with Crippen molar-refractivity contribution in [3.05, 3.63) is 27.8 Å². The molecule has 0 aromatic heterocycles. The lowest BCUT2D eigenvalue weighted by atomic mass is 9.82. The Labute approximate surface area is 133 Å². The van der Waals surface area contributed by atoms with E-state index >= 15 is 0 Å². The van der Waals surface area contributed by atoms with Crippen LogP contribution in [0.15, 0.2) is 24.3 Å². The van der Waals surface area contributed by atoms with Gasteiger partial charge in [-0.15, -0.1) is 0 Å². The number of hydrogen-bond donors (Lipinski definition) is 0. The first-order valence-electron chi connectivity index (χ1n) is 6.60. The number of para-hydroxylation sites is 1. The van der Waals surface area contributed by atoms with Crippen LogP contribution in [0.4, 0.5) is 0 Å². The van der Waals surface area contributed by atoms with Gasteiger partial charge in [0.2, 0.25) is 0 Å². The Kier molecular flexibility index (Phi) is 7.61. The van der Waals surface area contributed by atoms with Crippen molar-refractivity contribution in [2.24, 2.45) is 5.41 Å². The van der Waals surface area contributed by atoms with E-state index in [0.717, 1.165) is 17.7 Å². The van der Waals surface area contributed by atoms with Crippen LogP contribution in [0.2, 0.25) is 0 Å². The minimum absolute atomic E-state index is 0.280. The van der Waals surface area contributed by atoms with Gasteiger partial charge >= 0.3 is 0 Å². The van der Waals surface area contributed by atoms with E-state index in [2.05, 4.69) is 64.5 Å². The summed E-state index contributed by atoms with van der Waals surface area (Å²) in [6.45, 7) is 5.30. The van der Waals surface area contributed by atoms with Crippen LogP contribution in [0.1, 0.15) is 39.5 Å². The van der Waals surface area contributed by atoms with Gasteiger partial charge in [0.1, 0.15) is 5.75 Å². The van der Waals surface area contributed by atoms with E-state index in [1.54, 1.807) is 0 Å². The molecule has 0 bridgehead atoms. The van der Waals surface area contributed by atoms with E-state index in [4.69, 9.17) is 4.74 Å². The summed E-state index contributed by atoms with van der Waals surface area (Å²) in [6.07, 6.45) is 4.85. The third-order valence-corrected chi connectivity index (χ3v) is 5.30. The number of benzene rings is 1. The molecule has 0 heterocycles. The van der Waals surface area contributed by atoms with E-state index in [1.807, 2.05) is 12.1 Å². The molecule has 0 saturated carbocycles. The first-order valence-corrected chi connectivity index (χ1v) is 8.81. The highest BCUT2D eigenvalue weighted by Crippen LogP contribution is 2.33. The van der Waals surface area contributed by atoms with Crippen molar-refractivity contribution in [3.8, 4) is 5.75 Å². The topological polar surface area (TPSA) is 9.23 Å². The Morgan fingerprint density at radius 3 is 2.28 bits per heavy atom. The van der Waals surface area contributed by atoms with Gasteiger partial charge in [-0.05, 0) is 47.6 Å². The molecule has 102 valence electrons. The number of alkyl halides is 1. The molecule has 1 nitrogen and oxygen atoms in total. The molecule has 0 radical (unpaired) electrons. The molecule has 0 N–H and O–H groups in total. The van der Waals surface area contributed by atoms with Gasteiger partial charge in [-0.2, -0.15) is 0 Å².